The van der Waals surface area contributed by atoms with Crippen molar-refractivity contribution >= 4 is 0 Å². The topological polar surface area (TPSA) is 38.0 Å². The van der Waals surface area contributed by atoms with Gasteiger partial charge in [-0.2, -0.15) is 0 Å². The molecule has 1 aromatic carbocycles. The van der Waals surface area contributed by atoms with Crippen LogP contribution in [-0.4, -0.2) is 0 Å². The zero-order valence-corrected chi connectivity index (χ0v) is 11.2. The molecule has 0 radical (unpaired) electrons. The third kappa shape index (κ3) is 2.19. The fraction of sp³-hybridized carbons (Fsp3) is 0.625. The molecule has 2 aliphatic carbocycles. The van der Waals surface area contributed by atoms with E-state index < -0.39 is 0 Å². The van der Waals surface area contributed by atoms with E-state index in [1.54, 1.807) is 0 Å². The standard InChI is InChI=1S/C16H24N2/c1-11-4-2-3-5-15(11)16(18-17)10-14-9-12-6-7-13(14)8-12/h2-5,12-14,16,18H,6-10,17H2,1H3. The Hall–Kier alpha value is -0.860. The molecule has 0 saturated heterocycles. The van der Waals surface area contributed by atoms with Crippen molar-refractivity contribution in [3.8, 4) is 0 Å². The molecule has 0 aromatic heterocycles. The molecule has 3 rings (SSSR count). The average Bonchev–Trinajstić information content (AvgIpc) is 2.99. The van der Waals surface area contributed by atoms with E-state index in [2.05, 4.69) is 36.6 Å². The Bertz CT molecular complexity index is 415. The van der Waals surface area contributed by atoms with E-state index in [1.807, 2.05) is 0 Å². The van der Waals surface area contributed by atoms with Gasteiger partial charge in [-0.25, -0.2) is 0 Å². The van der Waals surface area contributed by atoms with Crippen LogP contribution in [0.2, 0.25) is 0 Å². The Labute approximate surface area is 110 Å². The molecule has 4 unspecified atom stereocenters. The largest absolute Gasteiger partial charge is 0.271 e. The first-order valence-corrected chi connectivity index (χ1v) is 7.29. The van der Waals surface area contributed by atoms with Gasteiger partial charge in [-0.15, -0.1) is 0 Å². The van der Waals surface area contributed by atoms with Gasteiger partial charge in [-0.05, 0) is 61.5 Å². The van der Waals surface area contributed by atoms with E-state index in [1.165, 1.54) is 43.2 Å². The van der Waals surface area contributed by atoms with E-state index in [9.17, 15) is 0 Å². The van der Waals surface area contributed by atoms with Crippen LogP contribution in [-0.2, 0) is 0 Å². The van der Waals surface area contributed by atoms with Gasteiger partial charge >= 0.3 is 0 Å². The highest BCUT2D eigenvalue weighted by atomic mass is 15.2. The molecule has 2 heteroatoms. The maximum absolute atomic E-state index is 5.80. The van der Waals surface area contributed by atoms with Crippen molar-refractivity contribution in [2.45, 2.75) is 45.1 Å². The van der Waals surface area contributed by atoms with E-state index in [0.29, 0.717) is 6.04 Å². The first kappa shape index (κ1) is 12.2. The lowest BCUT2D eigenvalue weighted by Crippen LogP contribution is -2.31. The van der Waals surface area contributed by atoms with Crippen molar-refractivity contribution in [3.05, 3.63) is 35.4 Å². The number of hydrogen-bond acceptors (Lipinski definition) is 2. The van der Waals surface area contributed by atoms with Crippen molar-refractivity contribution in [3.63, 3.8) is 0 Å². The first-order valence-electron chi connectivity index (χ1n) is 7.29. The van der Waals surface area contributed by atoms with Crippen molar-refractivity contribution < 1.29 is 0 Å². The van der Waals surface area contributed by atoms with Crippen LogP contribution in [0.25, 0.3) is 0 Å². The number of aryl methyl sites for hydroxylation is 1. The minimum Gasteiger partial charge on any atom is -0.271 e. The molecular weight excluding hydrogens is 220 g/mol. The van der Waals surface area contributed by atoms with Gasteiger partial charge in [0.05, 0.1) is 0 Å². The monoisotopic (exact) mass is 244 g/mol. The Balaban J connectivity index is 1.72. The summed E-state index contributed by atoms with van der Waals surface area (Å²) in [6.45, 7) is 2.18. The summed E-state index contributed by atoms with van der Waals surface area (Å²) in [5.74, 6) is 8.70. The summed E-state index contributed by atoms with van der Waals surface area (Å²) < 4.78 is 0. The van der Waals surface area contributed by atoms with Gasteiger partial charge < -0.3 is 0 Å². The fourth-order valence-corrected chi connectivity index (χ4v) is 4.23. The van der Waals surface area contributed by atoms with Crippen LogP contribution in [0, 0.1) is 24.7 Å². The summed E-state index contributed by atoms with van der Waals surface area (Å²) in [5.41, 5.74) is 5.77. The number of fused-ring (bicyclic) bond motifs is 2. The van der Waals surface area contributed by atoms with Gasteiger partial charge in [0.15, 0.2) is 0 Å². The van der Waals surface area contributed by atoms with E-state index in [0.717, 1.165) is 17.8 Å². The number of nitrogens with two attached hydrogens (primary N) is 1. The minimum atomic E-state index is 0.329. The molecule has 0 amide bonds. The molecule has 2 fully saturated rings. The highest BCUT2D eigenvalue weighted by molar-refractivity contribution is 5.28. The van der Waals surface area contributed by atoms with Crippen LogP contribution in [0.4, 0.5) is 0 Å². The summed E-state index contributed by atoms with van der Waals surface area (Å²) in [5, 5.41) is 0. The summed E-state index contributed by atoms with van der Waals surface area (Å²) in [7, 11) is 0. The third-order valence-electron chi connectivity index (χ3n) is 5.19. The lowest BCUT2D eigenvalue weighted by Gasteiger charge is -2.27. The number of benzene rings is 1. The van der Waals surface area contributed by atoms with Gasteiger partial charge in [-0.3, -0.25) is 11.3 Å². The molecule has 18 heavy (non-hydrogen) atoms. The van der Waals surface area contributed by atoms with Crippen LogP contribution >= 0.6 is 0 Å². The Morgan fingerprint density at radius 2 is 2.11 bits per heavy atom. The number of hydrogen-bond donors (Lipinski definition) is 2. The highest BCUT2D eigenvalue weighted by Gasteiger charge is 2.40. The molecule has 0 heterocycles. The van der Waals surface area contributed by atoms with Crippen molar-refractivity contribution in [2.75, 3.05) is 0 Å². The fourth-order valence-electron chi connectivity index (χ4n) is 4.23. The Morgan fingerprint density at radius 3 is 2.72 bits per heavy atom. The lowest BCUT2D eigenvalue weighted by atomic mass is 9.82. The van der Waals surface area contributed by atoms with Crippen LogP contribution in [0.15, 0.2) is 24.3 Å². The van der Waals surface area contributed by atoms with Crippen molar-refractivity contribution in [1.82, 2.24) is 5.43 Å². The summed E-state index contributed by atoms with van der Waals surface area (Å²) in [6, 6.07) is 8.95. The van der Waals surface area contributed by atoms with Crippen molar-refractivity contribution in [2.24, 2.45) is 23.6 Å². The molecular formula is C16H24N2. The van der Waals surface area contributed by atoms with Gasteiger partial charge in [0.25, 0.3) is 0 Å². The predicted molar refractivity (Wildman–Crippen MR) is 74.8 cm³/mol. The maximum Gasteiger partial charge on any atom is 0.0465 e. The Morgan fingerprint density at radius 1 is 1.28 bits per heavy atom. The van der Waals surface area contributed by atoms with Crippen LogP contribution in [0.5, 0.6) is 0 Å². The molecule has 98 valence electrons. The second-order valence-electron chi connectivity index (χ2n) is 6.25. The molecule has 3 N–H and O–H groups in total. The molecule has 0 spiro atoms. The van der Waals surface area contributed by atoms with Crippen LogP contribution in [0.3, 0.4) is 0 Å². The minimum absolute atomic E-state index is 0.329. The lowest BCUT2D eigenvalue weighted by molar-refractivity contribution is 0.280. The van der Waals surface area contributed by atoms with E-state index in [4.69, 9.17) is 5.84 Å². The number of hydrazine groups is 1. The quantitative estimate of drug-likeness (QED) is 0.630. The summed E-state index contributed by atoms with van der Waals surface area (Å²) in [6.07, 6.45) is 7.07. The third-order valence-corrected chi connectivity index (χ3v) is 5.19. The molecule has 1 aromatic rings. The van der Waals surface area contributed by atoms with Crippen LogP contribution in [0.1, 0.15) is 49.3 Å². The molecule has 2 saturated carbocycles. The summed E-state index contributed by atoms with van der Waals surface area (Å²) in [4.78, 5) is 0. The van der Waals surface area contributed by atoms with Crippen molar-refractivity contribution in [1.29, 1.82) is 0 Å². The molecule has 2 nitrogen and oxygen atoms in total. The van der Waals surface area contributed by atoms with E-state index in [-0.39, 0.29) is 0 Å². The predicted octanol–water partition coefficient (Wildman–Crippen LogP) is 3.33. The average molecular weight is 244 g/mol. The smallest absolute Gasteiger partial charge is 0.0465 e. The zero-order valence-electron chi connectivity index (χ0n) is 11.2. The summed E-state index contributed by atoms with van der Waals surface area (Å²) >= 11 is 0. The molecule has 2 bridgehead atoms. The second kappa shape index (κ2) is 5.02. The first-order chi connectivity index (χ1) is 8.78. The van der Waals surface area contributed by atoms with Gasteiger partial charge in [0, 0.05) is 6.04 Å². The molecule has 0 aliphatic heterocycles. The van der Waals surface area contributed by atoms with E-state index >= 15 is 0 Å². The molecule has 2 aliphatic rings. The van der Waals surface area contributed by atoms with Crippen LogP contribution < -0.4 is 11.3 Å². The highest BCUT2D eigenvalue weighted by Crippen LogP contribution is 2.50. The number of nitrogens with one attached hydrogen (secondary N) is 1. The number of rotatable bonds is 4. The zero-order chi connectivity index (χ0) is 12.5. The normalized spacial score (nSPS) is 31.8. The maximum atomic E-state index is 5.80. The van der Waals surface area contributed by atoms with Gasteiger partial charge in [0.2, 0.25) is 0 Å². The SMILES string of the molecule is Cc1ccccc1C(CC1CC2CCC1C2)NN. The molecule has 4 atom stereocenters. The van der Waals surface area contributed by atoms with Gasteiger partial charge in [0.1, 0.15) is 0 Å². The Kier molecular flexibility index (Phi) is 3.40. The van der Waals surface area contributed by atoms with Gasteiger partial charge in [-0.1, -0.05) is 30.7 Å². The second-order valence-corrected chi connectivity index (χ2v) is 6.25.